The molecule has 0 saturated carbocycles. The minimum Gasteiger partial charge on any atom is -0.497 e. The normalized spacial score (nSPS) is 10.7. The molecule has 0 radical (unpaired) electrons. The fourth-order valence-electron chi connectivity index (χ4n) is 2.69. The lowest BCUT2D eigenvalue weighted by molar-refractivity contribution is 0.0950. The van der Waals surface area contributed by atoms with E-state index in [1.807, 2.05) is 24.3 Å². The lowest BCUT2D eigenvalue weighted by Gasteiger charge is -2.08. The van der Waals surface area contributed by atoms with E-state index in [4.69, 9.17) is 4.74 Å². The predicted molar refractivity (Wildman–Crippen MR) is 117 cm³/mol. The molecule has 8 heteroatoms. The lowest BCUT2D eigenvalue weighted by atomic mass is 10.1. The summed E-state index contributed by atoms with van der Waals surface area (Å²) >= 11 is 1.30. The van der Waals surface area contributed by atoms with Crippen molar-refractivity contribution >= 4 is 28.8 Å². The van der Waals surface area contributed by atoms with E-state index in [0.717, 1.165) is 22.7 Å². The molecule has 0 fully saturated rings. The van der Waals surface area contributed by atoms with E-state index in [0.29, 0.717) is 28.7 Å². The smallest absolute Gasteiger partial charge is 0.286 e. The van der Waals surface area contributed by atoms with Crippen molar-refractivity contribution < 1.29 is 14.3 Å². The molecule has 7 nitrogen and oxygen atoms in total. The molecular formula is C22H24N4O3S. The van der Waals surface area contributed by atoms with Gasteiger partial charge in [0, 0.05) is 24.2 Å². The summed E-state index contributed by atoms with van der Waals surface area (Å²) in [5.41, 5.74) is 2.07. The van der Waals surface area contributed by atoms with Crippen LogP contribution in [0.4, 0.5) is 5.69 Å². The third kappa shape index (κ3) is 5.87. The predicted octanol–water partition coefficient (Wildman–Crippen LogP) is 3.93. The van der Waals surface area contributed by atoms with Crippen LogP contribution >= 0.6 is 11.3 Å². The zero-order valence-electron chi connectivity index (χ0n) is 17.1. The van der Waals surface area contributed by atoms with Crippen LogP contribution in [0.15, 0.2) is 48.5 Å². The van der Waals surface area contributed by atoms with Crippen LogP contribution in [-0.2, 0) is 13.0 Å². The number of carbonyl (C=O) groups excluding carboxylic acids is 2. The number of amides is 2. The molecular weight excluding hydrogens is 400 g/mol. The third-order valence-electron chi connectivity index (χ3n) is 4.26. The highest BCUT2D eigenvalue weighted by Gasteiger charge is 2.14. The second-order valence-corrected chi connectivity index (χ2v) is 8.22. The van der Waals surface area contributed by atoms with Crippen molar-refractivity contribution in [3.05, 3.63) is 69.7 Å². The molecule has 0 atom stereocenters. The van der Waals surface area contributed by atoms with E-state index in [9.17, 15) is 9.59 Å². The quantitative estimate of drug-likeness (QED) is 0.572. The van der Waals surface area contributed by atoms with Crippen molar-refractivity contribution in [3.8, 4) is 5.75 Å². The fraction of sp³-hybridized carbons (Fsp3) is 0.273. The maximum absolute atomic E-state index is 12.3. The van der Waals surface area contributed by atoms with Crippen LogP contribution in [0, 0.1) is 5.92 Å². The summed E-state index contributed by atoms with van der Waals surface area (Å²) < 4.78 is 5.12. The van der Waals surface area contributed by atoms with E-state index in [-0.39, 0.29) is 11.8 Å². The largest absolute Gasteiger partial charge is 0.497 e. The van der Waals surface area contributed by atoms with Crippen molar-refractivity contribution in [2.45, 2.75) is 26.8 Å². The first kappa shape index (κ1) is 21.4. The number of nitrogens with one attached hydrogen (secondary N) is 2. The summed E-state index contributed by atoms with van der Waals surface area (Å²) in [5.74, 6) is 0.731. The molecule has 0 spiro atoms. The summed E-state index contributed by atoms with van der Waals surface area (Å²) in [5, 5.41) is 14.8. The van der Waals surface area contributed by atoms with Gasteiger partial charge in [-0.2, -0.15) is 0 Å². The highest BCUT2D eigenvalue weighted by molar-refractivity contribution is 7.13. The van der Waals surface area contributed by atoms with Gasteiger partial charge in [-0.1, -0.05) is 37.3 Å². The Labute approximate surface area is 179 Å². The maximum atomic E-state index is 12.3. The molecule has 3 rings (SSSR count). The minimum absolute atomic E-state index is 0.189. The van der Waals surface area contributed by atoms with Gasteiger partial charge in [-0.15, -0.1) is 10.2 Å². The molecule has 156 valence electrons. The molecule has 1 aromatic heterocycles. The Hall–Kier alpha value is -3.26. The number of nitrogens with zero attached hydrogens (tertiary/aromatic N) is 2. The zero-order chi connectivity index (χ0) is 21.5. The van der Waals surface area contributed by atoms with Crippen molar-refractivity contribution in [1.82, 2.24) is 15.5 Å². The molecule has 0 aliphatic rings. The van der Waals surface area contributed by atoms with E-state index in [2.05, 4.69) is 34.7 Å². The van der Waals surface area contributed by atoms with E-state index in [1.54, 1.807) is 31.4 Å². The molecule has 2 N–H and O–H groups in total. The number of methoxy groups -OCH3 is 1. The Balaban J connectivity index is 1.53. The Morgan fingerprint density at radius 2 is 1.70 bits per heavy atom. The van der Waals surface area contributed by atoms with Crippen LogP contribution in [0.2, 0.25) is 0 Å². The number of hydrogen-bond acceptors (Lipinski definition) is 6. The highest BCUT2D eigenvalue weighted by atomic mass is 32.1. The number of aromatic nitrogens is 2. The Bertz CT molecular complexity index is 998. The van der Waals surface area contributed by atoms with Crippen LogP contribution in [0.5, 0.6) is 5.75 Å². The number of carbonyl (C=O) groups is 2. The van der Waals surface area contributed by atoms with Crippen molar-refractivity contribution in [2.75, 3.05) is 12.4 Å². The van der Waals surface area contributed by atoms with Gasteiger partial charge >= 0.3 is 0 Å². The number of hydrogen-bond donors (Lipinski definition) is 2. The molecule has 0 saturated heterocycles. The summed E-state index contributed by atoms with van der Waals surface area (Å²) in [4.78, 5) is 24.7. The second kappa shape index (κ2) is 9.98. The van der Waals surface area contributed by atoms with E-state index >= 15 is 0 Å². The van der Waals surface area contributed by atoms with Crippen molar-refractivity contribution in [2.24, 2.45) is 5.92 Å². The summed E-state index contributed by atoms with van der Waals surface area (Å²) in [6.45, 7) is 4.60. The molecule has 0 aliphatic heterocycles. The monoisotopic (exact) mass is 424 g/mol. The van der Waals surface area contributed by atoms with Gasteiger partial charge < -0.3 is 15.4 Å². The van der Waals surface area contributed by atoms with Gasteiger partial charge in [0.05, 0.1) is 7.11 Å². The number of ether oxygens (including phenoxy) is 1. The van der Waals surface area contributed by atoms with Crippen molar-refractivity contribution in [1.29, 1.82) is 0 Å². The van der Waals surface area contributed by atoms with Gasteiger partial charge in [-0.05, 0) is 47.9 Å². The van der Waals surface area contributed by atoms with Gasteiger partial charge in [-0.25, -0.2) is 0 Å². The van der Waals surface area contributed by atoms with Gasteiger partial charge in [0.25, 0.3) is 11.8 Å². The molecule has 2 amide bonds. The topological polar surface area (TPSA) is 93.2 Å². The van der Waals surface area contributed by atoms with Crippen molar-refractivity contribution in [3.63, 3.8) is 0 Å². The molecule has 0 unspecified atom stereocenters. The van der Waals surface area contributed by atoms with Crippen LogP contribution < -0.4 is 15.4 Å². The van der Waals surface area contributed by atoms with Gasteiger partial charge in [0.2, 0.25) is 5.01 Å². The molecule has 1 heterocycles. The van der Waals surface area contributed by atoms with Crippen LogP contribution in [0.1, 0.15) is 44.6 Å². The van der Waals surface area contributed by atoms with E-state index in [1.165, 1.54) is 11.3 Å². The average Bonchev–Trinajstić information content (AvgIpc) is 3.21. The third-order valence-corrected chi connectivity index (χ3v) is 5.21. The Morgan fingerprint density at radius 3 is 2.33 bits per heavy atom. The van der Waals surface area contributed by atoms with E-state index < -0.39 is 0 Å². The summed E-state index contributed by atoms with van der Waals surface area (Å²) in [6, 6.07) is 14.2. The Kier molecular flexibility index (Phi) is 7.13. The zero-order valence-corrected chi connectivity index (χ0v) is 18.0. The van der Waals surface area contributed by atoms with Gasteiger partial charge in [0.15, 0.2) is 0 Å². The first-order valence-electron chi connectivity index (χ1n) is 9.59. The summed E-state index contributed by atoms with van der Waals surface area (Å²) in [6.07, 6.45) is 0.797. The highest BCUT2D eigenvalue weighted by Crippen LogP contribution is 2.17. The average molecular weight is 425 g/mol. The molecule has 30 heavy (non-hydrogen) atoms. The molecule has 3 aromatic rings. The number of rotatable bonds is 8. The van der Waals surface area contributed by atoms with Crippen LogP contribution in [0.25, 0.3) is 0 Å². The first-order chi connectivity index (χ1) is 14.4. The number of anilines is 1. The first-order valence-corrected chi connectivity index (χ1v) is 10.4. The maximum Gasteiger partial charge on any atom is 0.286 e. The minimum atomic E-state index is -0.306. The van der Waals surface area contributed by atoms with Gasteiger partial charge in [-0.3, -0.25) is 9.59 Å². The molecule has 2 aromatic carbocycles. The summed E-state index contributed by atoms with van der Waals surface area (Å²) in [7, 11) is 1.61. The second-order valence-electron chi connectivity index (χ2n) is 7.16. The standard InChI is InChI=1S/C22H24N4O3S/c1-14(2)12-19-25-26-22(30-19)21(28)24-17-8-6-16(7-9-17)20(27)23-13-15-4-10-18(29-3)11-5-15/h4-11,14H,12-13H2,1-3H3,(H,23,27)(H,24,28). The van der Waals surface area contributed by atoms with Gasteiger partial charge in [0.1, 0.15) is 10.8 Å². The molecule has 0 bridgehead atoms. The van der Waals surface area contributed by atoms with Crippen LogP contribution in [-0.4, -0.2) is 29.1 Å². The van der Waals surface area contributed by atoms with Crippen LogP contribution in [0.3, 0.4) is 0 Å². The lowest BCUT2D eigenvalue weighted by Crippen LogP contribution is -2.22. The fourth-order valence-corrected chi connectivity index (χ4v) is 3.64. The molecule has 0 aliphatic carbocycles. The SMILES string of the molecule is COc1ccc(CNC(=O)c2ccc(NC(=O)c3nnc(CC(C)C)s3)cc2)cc1. The Morgan fingerprint density at radius 1 is 1.00 bits per heavy atom. The number of benzene rings is 2.